The van der Waals surface area contributed by atoms with Gasteiger partial charge in [-0.15, -0.1) is 0 Å². The summed E-state index contributed by atoms with van der Waals surface area (Å²) in [7, 11) is 1.63. The molecule has 154 valence electrons. The molecular formula is C22H19Cl2N3O2S. The zero-order chi connectivity index (χ0) is 21.4. The summed E-state index contributed by atoms with van der Waals surface area (Å²) in [6, 6.07) is 13.0. The number of hydrogen-bond donors (Lipinski definition) is 1. The van der Waals surface area contributed by atoms with Crippen LogP contribution in [0.4, 0.5) is 0 Å². The van der Waals surface area contributed by atoms with Crippen LogP contribution in [0.2, 0.25) is 10.0 Å². The van der Waals surface area contributed by atoms with Crippen LogP contribution in [0.3, 0.4) is 0 Å². The van der Waals surface area contributed by atoms with E-state index < -0.39 is 0 Å². The van der Waals surface area contributed by atoms with Gasteiger partial charge in [0, 0.05) is 28.7 Å². The van der Waals surface area contributed by atoms with Crippen LogP contribution in [-0.4, -0.2) is 33.2 Å². The zero-order valence-electron chi connectivity index (χ0n) is 16.6. The average molecular weight is 460 g/mol. The molecule has 0 spiro atoms. The number of aromatic amines is 1. The lowest BCUT2D eigenvalue weighted by Gasteiger charge is -2.11. The monoisotopic (exact) mass is 459 g/mol. The largest absolute Gasteiger partial charge is 0.497 e. The fourth-order valence-electron chi connectivity index (χ4n) is 3.44. The highest BCUT2D eigenvalue weighted by molar-refractivity contribution is 7.99. The molecule has 30 heavy (non-hydrogen) atoms. The van der Waals surface area contributed by atoms with Gasteiger partial charge < -0.3 is 14.3 Å². The molecule has 0 amide bonds. The molecule has 1 N–H and O–H groups in total. The summed E-state index contributed by atoms with van der Waals surface area (Å²) in [5.41, 5.74) is 5.09. The molecular weight excluding hydrogens is 441 g/mol. The third-order valence-electron chi connectivity index (χ3n) is 4.90. The van der Waals surface area contributed by atoms with Gasteiger partial charge >= 0.3 is 0 Å². The van der Waals surface area contributed by atoms with Crippen molar-refractivity contribution in [3.63, 3.8) is 0 Å². The van der Waals surface area contributed by atoms with Gasteiger partial charge in [-0.3, -0.25) is 4.79 Å². The van der Waals surface area contributed by atoms with Gasteiger partial charge in [0.2, 0.25) is 0 Å². The molecule has 2 aromatic carbocycles. The van der Waals surface area contributed by atoms with E-state index >= 15 is 0 Å². The maximum absolute atomic E-state index is 12.9. The fraction of sp³-hybridized carbons (Fsp3) is 0.182. The smallest absolute Gasteiger partial charge is 0.175 e. The Morgan fingerprint density at radius 3 is 2.67 bits per heavy atom. The number of aromatic nitrogens is 3. The van der Waals surface area contributed by atoms with Crippen LogP contribution in [0.25, 0.3) is 16.7 Å². The Morgan fingerprint density at radius 2 is 1.93 bits per heavy atom. The number of fused-ring (bicyclic) bond motifs is 1. The number of carbonyl (C=O) groups excluding carboxylic acids is 1. The molecule has 0 aliphatic heterocycles. The second-order valence-electron chi connectivity index (χ2n) is 6.86. The van der Waals surface area contributed by atoms with E-state index in [1.54, 1.807) is 19.2 Å². The molecule has 2 aromatic heterocycles. The lowest BCUT2D eigenvalue weighted by atomic mass is 10.2. The van der Waals surface area contributed by atoms with Crippen molar-refractivity contribution in [2.75, 3.05) is 12.9 Å². The van der Waals surface area contributed by atoms with Crippen molar-refractivity contribution < 1.29 is 9.53 Å². The van der Waals surface area contributed by atoms with Crippen molar-refractivity contribution in [1.82, 2.24) is 14.5 Å². The predicted molar refractivity (Wildman–Crippen MR) is 123 cm³/mol. The van der Waals surface area contributed by atoms with E-state index in [-0.39, 0.29) is 11.5 Å². The minimum atomic E-state index is 0.0393. The molecule has 0 aliphatic rings. The molecule has 2 heterocycles. The topological polar surface area (TPSA) is 59.9 Å². The summed E-state index contributed by atoms with van der Waals surface area (Å²) in [6.07, 6.45) is 0. The normalized spacial score (nSPS) is 11.2. The molecule has 0 atom stereocenters. The minimum Gasteiger partial charge on any atom is -0.497 e. The van der Waals surface area contributed by atoms with Gasteiger partial charge in [-0.1, -0.05) is 35.0 Å². The van der Waals surface area contributed by atoms with Crippen molar-refractivity contribution in [3.8, 4) is 11.4 Å². The van der Waals surface area contributed by atoms with Crippen LogP contribution in [0.1, 0.15) is 21.7 Å². The first-order valence-electron chi connectivity index (χ1n) is 9.21. The van der Waals surface area contributed by atoms with Crippen molar-refractivity contribution >= 4 is 51.8 Å². The second kappa shape index (κ2) is 8.38. The minimum absolute atomic E-state index is 0.0393. The van der Waals surface area contributed by atoms with E-state index in [1.807, 2.05) is 48.7 Å². The van der Waals surface area contributed by atoms with Crippen LogP contribution in [0.15, 0.2) is 47.6 Å². The molecule has 0 bridgehead atoms. The Morgan fingerprint density at radius 1 is 1.13 bits per heavy atom. The first-order chi connectivity index (χ1) is 14.4. The lowest BCUT2D eigenvalue weighted by Crippen LogP contribution is -2.05. The summed E-state index contributed by atoms with van der Waals surface area (Å²) in [5, 5.41) is 1.68. The van der Waals surface area contributed by atoms with E-state index in [0.717, 1.165) is 33.9 Å². The predicted octanol–water partition coefficient (Wildman–Crippen LogP) is 6.26. The first kappa shape index (κ1) is 20.8. The summed E-state index contributed by atoms with van der Waals surface area (Å²) >= 11 is 13.6. The third-order valence-corrected chi connectivity index (χ3v) is 6.51. The van der Waals surface area contributed by atoms with Crippen molar-refractivity contribution in [2.45, 2.75) is 19.0 Å². The van der Waals surface area contributed by atoms with E-state index in [2.05, 4.69) is 9.97 Å². The zero-order valence-corrected chi connectivity index (χ0v) is 19.0. The summed E-state index contributed by atoms with van der Waals surface area (Å²) in [6.45, 7) is 3.90. The van der Waals surface area contributed by atoms with Crippen LogP contribution >= 0.6 is 35.0 Å². The summed E-state index contributed by atoms with van der Waals surface area (Å²) < 4.78 is 7.25. The van der Waals surface area contributed by atoms with Crippen molar-refractivity contribution in [2.24, 2.45) is 0 Å². The number of methoxy groups -OCH3 is 1. The first-order valence-corrected chi connectivity index (χ1v) is 11.0. The highest BCUT2D eigenvalue weighted by Gasteiger charge is 2.18. The number of nitrogens with zero attached hydrogens (tertiary/aromatic N) is 2. The van der Waals surface area contributed by atoms with Crippen LogP contribution in [-0.2, 0) is 0 Å². The van der Waals surface area contributed by atoms with E-state index in [4.69, 9.17) is 27.9 Å². The molecule has 0 unspecified atom stereocenters. The number of ether oxygens (including phenoxy) is 1. The molecule has 4 aromatic rings. The Kier molecular flexibility index (Phi) is 5.82. The quantitative estimate of drug-likeness (QED) is 0.273. The lowest BCUT2D eigenvalue weighted by molar-refractivity contribution is 0.102. The molecule has 0 saturated heterocycles. The van der Waals surface area contributed by atoms with Gasteiger partial charge in [0.05, 0.1) is 33.9 Å². The molecule has 4 rings (SSSR count). The summed E-state index contributed by atoms with van der Waals surface area (Å²) in [4.78, 5) is 20.7. The van der Waals surface area contributed by atoms with Gasteiger partial charge in [-0.25, -0.2) is 4.98 Å². The molecule has 5 nitrogen and oxygen atoms in total. The number of rotatable bonds is 6. The number of ketones is 1. The molecule has 0 saturated carbocycles. The number of carbonyl (C=O) groups is 1. The fourth-order valence-corrected chi connectivity index (χ4v) is 4.50. The Bertz CT molecular complexity index is 1260. The molecule has 0 radical (unpaired) electrons. The van der Waals surface area contributed by atoms with Gasteiger partial charge in [0.1, 0.15) is 5.75 Å². The van der Waals surface area contributed by atoms with Gasteiger partial charge in [0.15, 0.2) is 10.9 Å². The highest BCUT2D eigenvalue weighted by Crippen LogP contribution is 2.29. The van der Waals surface area contributed by atoms with E-state index in [1.165, 1.54) is 11.8 Å². The number of halogens is 2. The SMILES string of the molecule is COc1ccc2nc(SCC(=O)c3cc(C)n(-c4ccc(Cl)c(Cl)c4)c3C)[nH]c2c1. The number of H-pyrrole nitrogens is 1. The Hall–Kier alpha value is -2.41. The van der Waals surface area contributed by atoms with Crippen molar-refractivity contribution in [3.05, 3.63) is 69.5 Å². The standard InChI is InChI=1S/C22H19Cl2N3O2S/c1-12-8-16(13(2)27(12)14-4-6-17(23)18(24)9-14)21(28)11-30-22-25-19-7-5-15(29-3)10-20(19)26-22/h4-10H,11H2,1-3H3,(H,25,26). The second-order valence-corrected chi connectivity index (χ2v) is 8.63. The third kappa shape index (κ3) is 3.95. The molecule has 0 aliphatic carbocycles. The van der Waals surface area contributed by atoms with E-state index in [9.17, 15) is 4.79 Å². The number of Topliss-reactive ketones (excluding diaryl/α,β-unsaturated/α-hetero) is 1. The highest BCUT2D eigenvalue weighted by atomic mass is 35.5. The van der Waals surface area contributed by atoms with Crippen molar-refractivity contribution in [1.29, 1.82) is 0 Å². The maximum atomic E-state index is 12.9. The van der Waals surface area contributed by atoms with Gasteiger partial charge in [-0.2, -0.15) is 0 Å². The number of nitrogens with one attached hydrogen (secondary N) is 1. The Balaban J connectivity index is 1.54. The maximum Gasteiger partial charge on any atom is 0.175 e. The number of imidazole rings is 1. The van der Waals surface area contributed by atoms with Crippen LogP contribution in [0.5, 0.6) is 5.75 Å². The van der Waals surface area contributed by atoms with Gasteiger partial charge in [-0.05, 0) is 50.2 Å². The number of aryl methyl sites for hydroxylation is 1. The number of hydrogen-bond acceptors (Lipinski definition) is 4. The number of thioether (sulfide) groups is 1. The van der Waals surface area contributed by atoms with Gasteiger partial charge in [0.25, 0.3) is 0 Å². The molecule has 8 heteroatoms. The number of benzene rings is 2. The Labute approximate surface area is 188 Å². The average Bonchev–Trinajstić information content (AvgIpc) is 3.27. The van der Waals surface area contributed by atoms with E-state index in [0.29, 0.717) is 20.8 Å². The molecule has 0 fully saturated rings. The summed E-state index contributed by atoms with van der Waals surface area (Å²) in [5.74, 6) is 1.08. The van der Waals surface area contributed by atoms with Crippen LogP contribution in [0, 0.1) is 13.8 Å². The van der Waals surface area contributed by atoms with Crippen LogP contribution < -0.4 is 4.74 Å².